The maximum atomic E-state index is 12.5. The third-order valence-corrected chi connectivity index (χ3v) is 2.59. The lowest BCUT2D eigenvalue weighted by Gasteiger charge is -2.18. The highest BCUT2D eigenvalue weighted by Crippen LogP contribution is 2.28. The number of alkyl carbamates (subject to hydrolysis) is 1. The number of carboxylic acids is 1. The molecule has 0 aliphatic heterocycles. The van der Waals surface area contributed by atoms with Crippen LogP contribution in [-0.2, 0) is 16.1 Å². The van der Waals surface area contributed by atoms with Gasteiger partial charge in [0.1, 0.15) is 6.61 Å². The lowest BCUT2D eigenvalue weighted by atomic mass is 10.1. The Labute approximate surface area is 118 Å². The zero-order chi connectivity index (χ0) is 15.9. The predicted octanol–water partition coefficient (Wildman–Crippen LogP) is 2.57. The quantitative estimate of drug-likeness (QED) is 0.847. The van der Waals surface area contributed by atoms with Crippen LogP contribution in [0, 0.1) is 5.92 Å². The number of rotatable bonds is 6. The van der Waals surface area contributed by atoms with Crippen molar-refractivity contribution in [1.82, 2.24) is 5.32 Å². The molecule has 1 amide bonds. The minimum absolute atomic E-state index is 0.0811. The van der Waals surface area contributed by atoms with E-state index in [0.29, 0.717) is 5.56 Å². The molecule has 1 aromatic carbocycles. The van der Waals surface area contributed by atoms with Crippen molar-refractivity contribution in [3.05, 3.63) is 35.9 Å². The summed E-state index contributed by atoms with van der Waals surface area (Å²) in [7, 11) is 0. The Balaban J connectivity index is 2.41. The highest BCUT2D eigenvalue weighted by molar-refractivity contribution is 5.68. The molecular formula is C13H14F3NO4. The molecule has 1 rings (SSSR count). The molecule has 0 heterocycles. The van der Waals surface area contributed by atoms with Crippen molar-refractivity contribution >= 4 is 12.1 Å². The molecule has 0 aromatic heterocycles. The van der Waals surface area contributed by atoms with Crippen molar-refractivity contribution in [2.24, 2.45) is 5.92 Å². The second-order valence-electron chi connectivity index (χ2n) is 4.28. The van der Waals surface area contributed by atoms with Gasteiger partial charge in [0.25, 0.3) is 0 Å². The number of amides is 1. The first-order chi connectivity index (χ1) is 9.79. The molecule has 116 valence electrons. The van der Waals surface area contributed by atoms with Gasteiger partial charge in [0.2, 0.25) is 0 Å². The second-order valence-corrected chi connectivity index (χ2v) is 4.28. The van der Waals surface area contributed by atoms with Crippen LogP contribution in [0.1, 0.15) is 12.0 Å². The molecule has 1 atom stereocenters. The molecule has 2 N–H and O–H groups in total. The Hall–Kier alpha value is -2.25. The Morgan fingerprint density at radius 2 is 1.86 bits per heavy atom. The summed E-state index contributed by atoms with van der Waals surface area (Å²) in [6.45, 7) is -0.925. The Bertz CT molecular complexity index is 476. The molecule has 1 aromatic rings. The van der Waals surface area contributed by atoms with Crippen molar-refractivity contribution in [3.8, 4) is 0 Å². The summed E-state index contributed by atoms with van der Waals surface area (Å²) >= 11 is 0. The number of carboxylic acid groups (broad SMARTS) is 1. The second kappa shape index (κ2) is 7.51. The summed E-state index contributed by atoms with van der Waals surface area (Å²) in [5, 5.41) is 10.3. The third kappa shape index (κ3) is 6.64. The van der Waals surface area contributed by atoms with E-state index in [2.05, 4.69) is 0 Å². The van der Waals surface area contributed by atoms with Gasteiger partial charge in [0, 0.05) is 6.54 Å². The largest absolute Gasteiger partial charge is 0.481 e. The van der Waals surface area contributed by atoms with Gasteiger partial charge < -0.3 is 15.2 Å². The van der Waals surface area contributed by atoms with Crippen molar-refractivity contribution in [3.63, 3.8) is 0 Å². The minimum Gasteiger partial charge on any atom is -0.481 e. The van der Waals surface area contributed by atoms with Crippen LogP contribution in [0.5, 0.6) is 0 Å². The van der Waals surface area contributed by atoms with E-state index in [1.807, 2.05) is 5.32 Å². The maximum absolute atomic E-state index is 12.5. The average Bonchev–Trinajstić information content (AvgIpc) is 2.40. The Morgan fingerprint density at radius 3 is 2.38 bits per heavy atom. The SMILES string of the molecule is O=C(O)CC(CNC(=O)OCc1ccccc1)C(F)(F)F. The van der Waals surface area contributed by atoms with Crippen LogP contribution in [-0.4, -0.2) is 29.9 Å². The number of hydrogen-bond acceptors (Lipinski definition) is 3. The van der Waals surface area contributed by atoms with Gasteiger partial charge in [-0.1, -0.05) is 30.3 Å². The van der Waals surface area contributed by atoms with Gasteiger partial charge in [-0.3, -0.25) is 4.79 Å². The summed E-state index contributed by atoms with van der Waals surface area (Å²) in [6.07, 6.45) is -6.84. The van der Waals surface area contributed by atoms with Crippen LogP contribution in [0.15, 0.2) is 30.3 Å². The van der Waals surface area contributed by atoms with Crippen LogP contribution in [0.4, 0.5) is 18.0 Å². The number of aliphatic carboxylic acids is 1. The molecule has 0 bridgehead atoms. The minimum atomic E-state index is -4.70. The zero-order valence-corrected chi connectivity index (χ0v) is 10.9. The van der Waals surface area contributed by atoms with Crippen LogP contribution >= 0.6 is 0 Å². The first-order valence-electron chi connectivity index (χ1n) is 6.02. The summed E-state index contributed by atoms with van der Waals surface area (Å²) in [6, 6.07) is 8.60. The fourth-order valence-electron chi connectivity index (χ4n) is 1.50. The first-order valence-corrected chi connectivity index (χ1v) is 6.02. The fourth-order valence-corrected chi connectivity index (χ4v) is 1.50. The lowest BCUT2D eigenvalue weighted by Crippen LogP contribution is -2.38. The average molecular weight is 305 g/mol. The van der Waals surface area contributed by atoms with E-state index < -0.39 is 37.1 Å². The van der Waals surface area contributed by atoms with Crippen molar-refractivity contribution in [2.45, 2.75) is 19.2 Å². The molecule has 8 heteroatoms. The predicted molar refractivity (Wildman–Crippen MR) is 66.4 cm³/mol. The molecule has 1 unspecified atom stereocenters. The monoisotopic (exact) mass is 305 g/mol. The number of hydrogen-bond donors (Lipinski definition) is 2. The summed E-state index contributed by atoms with van der Waals surface area (Å²) in [5.74, 6) is -3.74. The number of ether oxygens (including phenoxy) is 1. The molecule has 0 aliphatic rings. The highest BCUT2D eigenvalue weighted by Gasteiger charge is 2.41. The molecule has 0 radical (unpaired) electrons. The van der Waals surface area contributed by atoms with E-state index in [0.717, 1.165) is 0 Å². The molecule has 5 nitrogen and oxygen atoms in total. The first kappa shape index (κ1) is 16.8. The van der Waals surface area contributed by atoms with Crippen molar-refractivity contribution < 1.29 is 32.6 Å². The smallest absolute Gasteiger partial charge is 0.407 e. The van der Waals surface area contributed by atoms with E-state index in [9.17, 15) is 22.8 Å². The van der Waals surface area contributed by atoms with Gasteiger partial charge in [0.15, 0.2) is 0 Å². The third-order valence-electron chi connectivity index (χ3n) is 2.59. The molecular weight excluding hydrogens is 291 g/mol. The zero-order valence-electron chi connectivity index (χ0n) is 10.9. The van der Waals surface area contributed by atoms with Crippen LogP contribution in [0.25, 0.3) is 0 Å². The summed E-state index contributed by atoms with van der Waals surface area (Å²) in [4.78, 5) is 21.7. The van der Waals surface area contributed by atoms with E-state index in [1.165, 1.54) is 0 Å². The van der Waals surface area contributed by atoms with Gasteiger partial charge >= 0.3 is 18.2 Å². The van der Waals surface area contributed by atoms with Crippen molar-refractivity contribution in [2.75, 3.05) is 6.54 Å². The molecule has 0 spiro atoms. The van der Waals surface area contributed by atoms with E-state index in [-0.39, 0.29) is 6.61 Å². The maximum Gasteiger partial charge on any atom is 0.407 e. The number of nitrogens with one attached hydrogen (secondary N) is 1. The van der Waals surface area contributed by atoms with Gasteiger partial charge in [-0.2, -0.15) is 13.2 Å². The topological polar surface area (TPSA) is 75.6 Å². The molecule has 21 heavy (non-hydrogen) atoms. The van der Waals surface area contributed by atoms with E-state index in [4.69, 9.17) is 9.84 Å². The number of benzene rings is 1. The van der Waals surface area contributed by atoms with Gasteiger partial charge in [0.05, 0.1) is 12.3 Å². The number of halogens is 3. The molecule has 0 saturated carbocycles. The normalized spacial score (nSPS) is 12.5. The molecule has 0 fully saturated rings. The molecule has 0 saturated heterocycles. The number of carbonyl (C=O) groups is 2. The van der Waals surface area contributed by atoms with Crippen LogP contribution in [0.2, 0.25) is 0 Å². The standard InChI is InChI=1S/C13H14F3NO4/c14-13(15,16)10(6-11(18)19)7-17-12(20)21-8-9-4-2-1-3-5-9/h1-5,10H,6-8H2,(H,17,20)(H,18,19). The van der Waals surface area contributed by atoms with E-state index >= 15 is 0 Å². The number of carbonyl (C=O) groups excluding carboxylic acids is 1. The van der Waals surface area contributed by atoms with Crippen LogP contribution < -0.4 is 5.32 Å². The molecule has 0 aliphatic carbocycles. The summed E-state index contributed by atoms with van der Waals surface area (Å²) < 4.78 is 42.3. The number of alkyl halides is 3. The van der Waals surface area contributed by atoms with Crippen LogP contribution in [0.3, 0.4) is 0 Å². The Morgan fingerprint density at radius 1 is 1.24 bits per heavy atom. The van der Waals surface area contributed by atoms with Gasteiger partial charge in [-0.25, -0.2) is 4.79 Å². The Kier molecular flexibility index (Phi) is 6.01. The van der Waals surface area contributed by atoms with E-state index in [1.54, 1.807) is 30.3 Å². The summed E-state index contributed by atoms with van der Waals surface area (Å²) in [5.41, 5.74) is 0.686. The lowest BCUT2D eigenvalue weighted by molar-refractivity contribution is -0.181. The van der Waals surface area contributed by atoms with Gasteiger partial charge in [-0.05, 0) is 5.56 Å². The fraction of sp³-hybridized carbons (Fsp3) is 0.385. The van der Waals surface area contributed by atoms with Gasteiger partial charge in [-0.15, -0.1) is 0 Å². The highest BCUT2D eigenvalue weighted by atomic mass is 19.4. The van der Waals surface area contributed by atoms with Crippen molar-refractivity contribution in [1.29, 1.82) is 0 Å².